The molecule has 3 rings (SSSR count). The highest BCUT2D eigenvalue weighted by molar-refractivity contribution is 7.09. The van der Waals surface area contributed by atoms with E-state index < -0.39 is 0 Å². The Morgan fingerprint density at radius 3 is 3.00 bits per heavy atom. The monoisotopic (exact) mass is 316 g/mol. The summed E-state index contributed by atoms with van der Waals surface area (Å²) in [6, 6.07) is 8.02. The number of carbonyl (C=O) groups is 1. The summed E-state index contributed by atoms with van der Waals surface area (Å²) in [5.41, 5.74) is 2.06. The molecular weight excluding hydrogens is 296 g/mol. The lowest BCUT2D eigenvalue weighted by Gasteiger charge is -2.11. The number of para-hydroxylation sites is 1. The van der Waals surface area contributed by atoms with Crippen molar-refractivity contribution in [2.24, 2.45) is 0 Å². The molecule has 1 amide bonds. The van der Waals surface area contributed by atoms with E-state index in [1.165, 1.54) is 5.56 Å². The van der Waals surface area contributed by atoms with Crippen LogP contribution in [0.4, 0.5) is 0 Å². The van der Waals surface area contributed by atoms with Gasteiger partial charge in [-0.25, -0.2) is 4.98 Å². The topological polar surface area (TPSA) is 51.2 Å². The van der Waals surface area contributed by atoms with Gasteiger partial charge in [-0.1, -0.05) is 32.0 Å². The highest BCUT2D eigenvalue weighted by Crippen LogP contribution is 2.27. The molecule has 0 fully saturated rings. The van der Waals surface area contributed by atoms with Crippen LogP contribution in [0.2, 0.25) is 0 Å². The Kier molecular flexibility index (Phi) is 4.43. The zero-order valence-electron chi connectivity index (χ0n) is 12.8. The van der Waals surface area contributed by atoms with Crippen molar-refractivity contribution in [1.29, 1.82) is 0 Å². The standard InChI is InChI=1S/C17H20N2O2S/c1-11(2)17-19-13(10-22-17)8-16(20)18-9-14-7-12-5-3-4-6-15(12)21-14/h3-6,10-11,14H,7-9H2,1-2H3,(H,18,20)/t14-/m0/s1. The SMILES string of the molecule is CC(C)c1nc(CC(=O)NC[C@@H]2Cc3ccccc3O2)cs1. The molecule has 1 N–H and O–H groups in total. The molecule has 0 aliphatic carbocycles. The maximum Gasteiger partial charge on any atom is 0.226 e. The van der Waals surface area contributed by atoms with Crippen LogP contribution in [0.1, 0.15) is 36.0 Å². The van der Waals surface area contributed by atoms with E-state index >= 15 is 0 Å². The number of ether oxygens (including phenoxy) is 1. The second kappa shape index (κ2) is 6.48. The first-order chi connectivity index (χ1) is 10.6. The van der Waals surface area contributed by atoms with Crippen LogP contribution in [-0.4, -0.2) is 23.5 Å². The molecule has 4 nitrogen and oxygen atoms in total. The highest BCUT2D eigenvalue weighted by Gasteiger charge is 2.22. The molecule has 1 aliphatic rings. The smallest absolute Gasteiger partial charge is 0.226 e. The van der Waals surface area contributed by atoms with E-state index in [4.69, 9.17) is 4.74 Å². The van der Waals surface area contributed by atoms with Crippen molar-refractivity contribution in [3.05, 3.63) is 45.9 Å². The maximum atomic E-state index is 12.0. The van der Waals surface area contributed by atoms with E-state index in [0.29, 0.717) is 18.9 Å². The van der Waals surface area contributed by atoms with Gasteiger partial charge in [0.2, 0.25) is 5.91 Å². The van der Waals surface area contributed by atoms with E-state index in [-0.39, 0.29) is 12.0 Å². The molecule has 1 aromatic carbocycles. The summed E-state index contributed by atoms with van der Waals surface area (Å²) in [5, 5.41) is 6.00. The number of hydrogen-bond acceptors (Lipinski definition) is 4. The van der Waals surface area contributed by atoms with Crippen LogP contribution in [-0.2, 0) is 17.6 Å². The molecule has 5 heteroatoms. The molecule has 0 bridgehead atoms. The number of carbonyl (C=O) groups excluding carboxylic acids is 1. The quantitative estimate of drug-likeness (QED) is 0.923. The summed E-state index contributed by atoms with van der Waals surface area (Å²) in [5.74, 6) is 1.34. The van der Waals surface area contributed by atoms with Crippen LogP contribution in [0.5, 0.6) is 5.75 Å². The first-order valence-electron chi connectivity index (χ1n) is 7.57. The summed E-state index contributed by atoms with van der Waals surface area (Å²) in [6.07, 6.45) is 1.22. The molecule has 2 heterocycles. The van der Waals surface area contributed by atoms with Gasteiger partial charge in [0.1, 0.15) is 11.9 Å². The Hall–Kier alpha value is -1.88. The first kappa shape index (κ1) is 15.0. The molecule has 0 saturated heterocycles. The van der Waals surface area contributed by atoms with Crippen LogP contribution in [0.25, 0.3) is 0 Å². The molecule has 2 aromatic rings. The molecule has 116 valence electrons. The number of benzene rings is 1. The fourth-order valence-electron chi connectivity index (χ4n) is 2.49. The predicted molar refractivity (Wildman–Crippen MR) is 87.5 cm³/mol. The van der Waals surface area contributed by atoms with Gasteiger partial charge < -0.3 is 10.1 Å². The van der Waals surface area contributed by atoms with Gasteiger partial charge in [-0.05, 0) is 11.6 Å². The van der Waals surface area contributed by atoms with Gasteiger partial charge in [-0.15, -0.1) is 11.3 Å². The zero-order chi connectivity index (χ0) is 15.5. The average molecular weight is 316 g/mol. The Bertz CT molecular complexity index is 641. The van der Waals surface area contributed by atoms with E-state index in [1.54, 1.807) is 11.3 Å². The van der Waals surface area contributed by atoms with E-state index in [2.05, 4.69) is 30.2 Å². The number of thiazole rings is 1. The Morgan fingerprint density at radius 1 is 1.45 bits per heavy atom. The summed E-state index contributed by atoms with van der Waals surface area (Å²) in [6.45, 7) is 4.75. The summed E-state index contributed by atoms with van der Waals surface area (Å²) in [4.78, 5) is 16.5. The lowest BCUT2D eigenvalue weighted by Crippen LogP contribution is -2.35. The van der Waals surface area contributed by atoms with Crippen LogP contribution in [0, 0.1) is 0 Å². The summed E-state index contributed by atoms with van der Waals surface area (Å²) >= 11 is 1.62. The van der Waals surface area contributed by atoms with Crippen LogP contribution >= 0.6 is 11.3 Å². The third-order valence-electron chi connectivity index (χ3n) is 3.65. The lowest BCUT2D eigenvalue weighted by atomic mass is 10.1. The second-order valence-electron chi connectivity index (χ2n) is 5.86. The average Bonchev–Trinajstić information content (AvgIpc) is 3.11. The van der Waals surface area contributed by atoms with Gasteiger partial charge >= 0.3 is 0 Å². The lowest BCUT2D eigenvalue weighted by molar-refractivity contribution is -0.120. The van der Waals surface area contributed by atoms with Gasteiger partial charge in [0, 0.05) is 17.7 Å². The van der Waals surface area contributed by atoms with Crippen molar-refractivity contribution in [3.63, 3.8) is 0 Å². The number of aromatic nitrogens is 1. The molecule has 1 aliphatic heterocycles. The number of hydrogen-bond donors (Lipinski definition) is 1. The number of nitrogens with zero attached hydrogens (tertiary/aromatic N) is 1. The number of fused-ring (bicyclic) bond motifs is 1. The molecule has 1 aromatic heterocycles. The first-order valence-corrected chi connectivity index (χ1v) is 8.45. The van der Waals surface area contributed by atoms with Crippen LogP contribution < -0.4 is 10.1 Å². The van der Waals surface area contributed by atoms with E-state index in [0.717, 1.165) is 22.9 Å². The number of rotatable bonds is 5. The van der Waals surface area contributed by atoms with Gasteiger partial charge in [-0.3, -0.25) is 4.79 Å². The van der Waals surface area contributed by atoms with Gasteiger partial charge in [-0.2, -0.15) is 0 Å². The Labute approximate surface area is 134 Å². The predicted octanol–water partition coefficient (Wildman–Crippen LogP) is 2.93. The van der Waals surface area contributed by atoms with Crippen LogP contribution in [0.15, 0.2) is 29.6 Å². The minimum absolute atomic E-state index is 0.000150. The number of amides is 1. The van der Waals surface area contributed by atoms with Crippen molar-refractivity contribution in [3.8, 4) is 5.75 Å². The molecule has 0 unspecified atom stereocenters. The Morgan fingerprint density at radius 2 is 2.27 bits per heavy atom. The van der Waals surface area contributed by atoms with Crippen molar-refractivity contribution in [2.45, 2.75) is 38.7 Å². The van der Waals surface area contributed by atoms with Crippen molar-refractivity contribution >= 4 is 17.2 Å². The molecule has 22 heavy (non-hydrogen) atoms. The third kappa shape index (κ3) is 3.47. The molecule has 0 spiro atoms. The van der Waals surface area contributed by atoms with Crippen molar-refractivity contribution < 1.29 is 9.53 Å². The minimum Gasteiger partial charge on any atom is -0.488 e. The van der Waals surface area contributed by atoms with Crippen molar-refractivity contribution in [2.75, 3.05) is 6.54 Å². The molecule has 1 atom stereocenters. The molecule has 0 saturated carbocycles. The highest BCUT2D eigenvalue weighted by atomic mass is 32.1. The van der Waals surface area contributed by atoms with Crippen molar-refractivity contribution in [1.82, 2.24) is 10.3 Å². The molecular formula is C17H20N2O2S. The Balaban J connectivity index is 1.47. The minimum atomic E-state index is 0.000150. The fraction of sp³-hybridized carbons (Fsp3) is 0.412. The normalized spacial score (nSPS) is 16.4. The van der Waals surface area contributed by atoms with Crippen LogP contribution in [0.3, 0.4) is 0 Å². The fourth-order valence-corrected chi connectivity index (χ4v) is 3.33. The molecule has 0 radical (unpaired) electrons. The maximum absolute atomic E-state index is 12.0. The number of nitrogens with one attached hydrogen (secondary N) is 1. The zero-order valence-corrected chi connectivity index (χ0v) is 13.7. The largest absolute Gasteiger partial charge is 0.488 e. The van der Waals surface area contributed by atoms with E-state index in [1.807, 2.05) is 23.6 Å². The second-order valence-corrected chi connectivity index (χ2v) is 6.75. The van der Waals surface area contributed by atoms with Gasteiger partial charge in [0.15, 0.2) is 0 Å². The summed E-state index contributed by atoms with van der Waals surface area (Å²) < 4.78 is 5.81. The third-order valence-corrected chi connectivity index (χ3v) is 4.84. The van der Waals surface area contributed by atoms with Gasteiger partial charge in [0.05, 0.1) is 23.7 Å². The van der Waals surface area contributed by atoms with Gasteiger partial charge in [0.25, 0.3) is 0 Å². The summed E-state index contributed by atoms with van der Waals surface area (Å²) in [7, 11) is 0. The van der Waals surface area contributed by atoms with E-state index in [9.17, 15) is 4.79 Å².